The van der Waals surface area contributed by atoms with E-state index in [0.717, 1.165) is 5.56 Å². The summed E-state index contributed by atoms with van der Waals surface area (Å²) in [6.07, 6.45) is -4.46. The number of hydrogen-bond acceptors (Lipinski definition) is 3. The molecule has 160 valence electrons. The zero-order valence-corrected chi connectivity index (χ0v) is 16.5. The van der Waals surface area contributed by atoms with Crippen molar-refractivity contribution in [2.75, 3.05) is 17.2 Å². The van der Waals surface area contributed by atoms with Gasteiger partial charge in [0.2, 0.25) is 0 Å². The van der Waals surface area contributed by atoms with Crippen LogP contribution in [0, 0.1) is 6.92 Å². The third-order valence-corrected chi connectivity index (χ3v) is 4.28. The molecule has 5 nitrogen and oxygen atoms in total. The first-order valence-corrected chi connectivity index (χ1v) is 9.29. The lowest BCUT2D eigenvalue weighted by atomic mass is 10.1. The molecule has 3 rings (SSSR count). The van der Waals surface area contributed by atoms with Crippen molar-refractivity contribution in [2.45, 2.75) is 13.1 Å². The molecule has 0 spiro atoms. The molecule has 0 aliphatic heterocycles. The first-order valence-electron chi connectivity index (χ1n) is 9.29. The Kier molecular flexibility index (Phi) is 6.59. The van der Waals surface area contributed by atoms with Crippen LogP contribution < -0.4 is 15.4 Å². The van der Waals surface area contributed by atoms with E-state index in [0.29, 0.717) is 11.3 Å². The van der Waals surface area contributed by atoms with Gasteiger partial charge >= 0.3 is 6.18 Å². The van der Waals surface area contributed by atoms with Gasteiger partial charge in [-0.15, -0.1) is 0 Å². The molecule has 0 aliphatic carbocycles. The molecule has 3 aromatic rings. The van der Waals surface area contributed by atoms with Gasteiger partial charge in [-0.2, -0.15) is 13.2 Å². The molecule has 0 fully saturated rings. The van der Waals surface area contributed by atoms with Crippen molar-refractivity contribution in [1.82, 2.24) is 0 Å². The Labute approximate surface area is 176 Å². The third kappa shape index (κ3) is 6.33. The highest BCUT2D eigenvalue weighted by Crippen LogP contribution is 2.23. The quantitative estimate of drug-likeness (QED) is 0.549. The number of hydrogen-bond donors (Lipinski definition) is 2. The summed E-state index contributed by atoms with van der Waals surface area (Å²) in [4.78, 5) is 25.0. The van der Waals surface area contributed by atoms with Crippen molar-refractivity contribution in [3.63, 3.8) is 0 Å². The summed E-state index contributed by atoms with van der Waals surface area (Å²) in [6.45, 7) is 0.372. The highest BCUT2D eigenvalue weighted by molar-refractivity contribution is 6.07. The molecule has 3 aromatic carbocycles. The summed E-state index contributed by atoms with van der Waals surface area (Å²) < 4.78 is 41.6. The summed E-state index contributed by atoms with van der Waals surface area (Å²) in [7, 11) is 0. The standard InChI is InChI=1S/C23H19F3N2O3/c1-15-10-11-17(12-20(15)28-21(29)16-6-3-2-4-7-16)22(30)27-18-8-5-9-19(13-18)31-14-23(24,25)26/h2-13H,14H2,1H3,(H,27,30)(H,28,29). The van der Waals surface area contributed by atoms with Crippen LogP contribution in [0.4, 0.5) is 24.5 Å². The second kappa shape index (κ2) is 9.34. The van der Waals surface area contributed by atoms with E-state index in [1.807, 2.05) is 0 Å². The first-order chi connectivity index (χ1) is 14.7. The van der Waals surface area contributed by atoms with Crippen molar-refractivity contribution in [2.24, 2.45) is 0 Å². The van der Waals surface area contributed by atoms with Crippen LogP contribution in [0.2, 0.25) is 0 Å². The van der Waals surface area contributed by atoms with Gasteiger partial charge in [-0.1, -0.05) is 30.3 Å². The molecule has 0 heterocycles. The van der Waals surface area contributed by atoms with Crippen molar-refractivity contribution in [3.8, 4) is 5.75 Å². The Morgan fingerprint density at radius 2 is 1.55 bits per heavy atom. The van der Waals surface area contributed by atoms with Crippen LogP contribution in [0.15, 0.2) is 72.8 Å². The normalized spacial score (nSPS) is 11.0. The minimum atomic E-state index is -4.46. The van der Waals surface area contributed by atoms with Crippen molar-refractivity contribution in [3.05, 3.63) is 89.5 Å². The maximum atomic E-state index is 12.6. The topological polar surface area (TPSA) is 67.4 Å². The second-order valence-corrected chi connectivity index (χ2v) is 6.74. The first kappa shape index (κ1) is 21.9. The van der Waals surface area contributed by atoms with Crippen LogP contribution >= 0.6 is 0 Å². The van der Waals surface area contributed by atoms with Gasteiger partial charge in [-0.3, -0.25) is 9.59 Å². The second-order valence-electron chi connectivity index (χ2n) is 6.74. The SMILES string of the molecule is Cc1ccc(C(=O)Nc2cccc(OCC(F)(F)F)c2)cc1NC(=O)c1ccccc1. The lowest BCUT2D eigenvalue weighted by Gasteiger charge is -2.12. The number of alkyl halides is 3. The monoisotopic (exact) mass is 428 g/mol. The van der Waals surface area contributed by atoms with E-state index in [-0.39, 0.29) is 22.9 Å². The van der Waals surface area contributed by atoms with E-state index in [9.17, 15) is 22.8 Å². The maximum Gasteiger partial charge on any atom is 0.422 e. The molecule has 0 radical (unpaired) electrons. The Bertz CT molecular complexity index is 1080. The van der Waals surface area contributed by atoms with Gasteiger partial charge in [0.15, 0.2) is 6.61 Å². The lowest BCUT2D eigenvalue weighted by molar-refractivity contribution is -0.153. The molecule has 0 aliphatic rings. The summed E-state index contributed by atoms with van der Waals surface area (Å²) in [5, 5.41) is 5.39. The average molecular weight is 428 g/mol. The van der Waals surface area contributed by atoms with Crippen LogP contribution in [0.3, 0.4) is 0 Å². The fourth-order valence-electron chi connectivity index (χ4n) is 2.71. The van der Waals surface area contributed by atoms with Gasteiger partial charge in [0.05, 0.1) is 0 Å². The van der Waals surface area contributed by atoms with E-state index < -0.39 is 18.7 Å². The molecule has 0 saturated carbocycles. The van der Waals surface area contributed by atoms with E-state index >= 15 is 0 Å². The molecule has 0 aromatic heterocycles. The molecular formula is C23H19F3N2O3. The van der Waals surface area contributed by atoms with Crippen LogP contribution in [0.5, 0.6) is 5.75 Å². The smallest absolute Gasteiger partial charge is 0.422 e. The van der Waals surface area contributed by atoms with Crippen LogP contribution in [-0.2, 0) is 0 Å². The summed E-state index contributed by atoms with van der Waals surface area (Å²) >= 11 is 0. The van der Waals surface area contributed by atoms with Crippen LogP contribution in [0.1, 0.15) is 26.3 Å². The van der Waals surface area contributed by atoms with Gasteiger partial charge in [0, 0.05) is 28.6 Å². The molecular weight excluding hydrogens is 409 g/mol. The number of ether oxygens (including phenoxy) is 1. The number of rotatable bonds is 6. The van der Waals surface area contributed by atoms with Gasteiger partial charge < -0.3 is 15.4 Å². The molecule has 0 saturated heterocycles. The highest BCUT2D eigenvalue weighted by atomic mass is 19.4. The molecule has 2 N–H and O–H groups in total. The average Bonchev–Trinajstić information content (AvgIpc) is 2.74. The largest absolute Gasteiger partial charge is 0.484 e. The van der Waals surface area contributed by atoms with E-state index in [1.54, 1.807) is 49.4 Å². The number of carbonyl (C=O) groups is 2. The zero-order valence-electron chi connectivity index (χ0n) is 16.5. The Morgan fingerprint density at radius 1 is 0.839 bits per heavy atom. The van der Waals surface area contributed by atoms with Crippen molar-refractivity contribution < 1.29 is 27.5 Å². The Balaban J connectivity index is 1.71. The van der Waals surface area contributed by atoms with Gasteiger partial charge in [-0.05, 0) is 48.9 Å². The molecule has 2 amide bonds. The third-order valence-electron chi connectivity index (χ3n) is 4.28. The molecule has 0 bridgehead atoms. The number of amides is 2. The summed E-state index contributed by atoms with van der Waals surface area (Å²) in [5.41, 5.74) is 2.27. The number of benzene rings is 3. The summed E-state index contributed by atoms with van der Waals surface area (Å²) in [5.74, 6) is -0.811. The fraction of sp³-hybridized carbons (Fsp3) is 0.130. The lowest BCUT2D eigenvalue weighted by Crippen LogP contribution is -2.19. The number of nitrogens with one attached hydrogen (secondary N) is 2. The summed E-state index contributed by atoms with van der Waals surface area (Å²) in [6, 6.07) is 19.1. The molecule has 0 unspecified atom stereocenters. The van der Waals surface area contributed by atoms with Crippen molar-refractivity contribution in [1.29, 1.82) is 0 Å². The zero-order chi connectivity index (χ0) is 22.4. The number of aryl methyl sites for hydroxylation is 1. The molecule has 0 atom stereocenters. The predicted molar refractivity (Wildman–Crippen MR) is 112 cm³/mol. The van der Waals surface area contributed by atoms with E-state index in [1.165, 1.54) is 30.3 Å². The number of anilines is 2. The highest BCUT2D eigenvalue weighted by Gasteiger charge is 2.28. The minimum absolute atomic E-state index is 0.0187. The Morgan fingerprint density at radius 3 is 2.26 bits per heavy atom. The Hall–Kier alpha value is -3.81. The maximum absolute atomic E-state index is 12.6. The van der Waals surface area contributed by atoms with Crippen LogP contribution in [-0.4, -0.2) is 24.6 Å². The number of halogens is 3. The molecule has 8 heteroatoms. The predicted octanol–water partition coefficient (Wildman–Crippen LogP) is 5.44. The van der Waals surface area contributed by atoms with E-state index in [4.69, 9.17) is 4.74 Å². The van der Waals surface area contributed by atoms with Gasteiger partial charge in [0.25, 0.3) is 11.8 Å². The van der Waals surface area contributed by atoms with Crippen LogP contribution in [0.25, 0.3) is 0 Å². The van der Waals surface area contributed by atoms with Gasteiger partial charge in [0.1, 0.15) is 5.75 Å². The van der Waals surface area contributed by atoms with E-state index in [2.05, 4.69) is 10.6 Å². The number of carbonyl (C=O) groups excluding carboxylic acids is 2. The van der Waals surface area contributed by atoms with Gasteiger partial charge in [-0.25, -0.2) is 0 Å². The minimum Gasteiger partial charge on any atom is -0.484 e. The fourth-order valence-corrected chi connectivity index (χ4v) is 2.71. The van der Waals surface area contributed by atoms with Crippen molar-refractivity contribution >= 4 is 23.2 Å². The molecule has 31 heavy (non-hydrogen) atoms.